The lowest BCUT2D eigenvalue weighted by molar-refractivity contribution is 0.297. The van der Waals surface area contributed by atoms with Crippen molar-refractivity contribution in [3.63, 3.8) is 0 Å². The molecule has 2 heterocycles. The highest BCUT2D eigenvalue weighted by atomic mass is 32.2. The van der Waals surface area contributed by atoms with Crippen molar-refractivity contribution >= 4 is 20.8 Å². The molecule has 1 saturated heterocycles. The van der Waals surface area contributed by atoms with Gasteiger partial charge in [-0.25, -0.2) is 8.42 Å². The molecule has 3 rings (SSSR count). The molecule has 0 radical (unpaired) electrons. The SMILES string of the molecule is N#CC1CCCCN1S(=O)(=O)c1cccc2cnccc12. The predicted molar refractivity (Wildman–Crippen MR) is 78.9 cm³/mol. The van der Waals surface area contributed by atoms with E-state index in [1.807, 2.05) is 6.07 Å². The van der Waals surface area contributed by atoms with E-state index in [2.05, 4.69) is 11.1 Å². The smallest absolute Gasteiger partial charge is 0.244 e. The molecule has 1 unspecified atom stereocenters. The minimum atomic E-state index is -3.67. The Morgan fingerprint density at radius 3 is 2.95 bits per heavy atom. The number of fused-ring (bicyclic) bond motifs is 1. The maximum Gasteiger partial charge on any atom is 0.244 e. The molecule has 5 nitrogen and oxygen atoms in total. The highest BCUT2D eigenvalue weighted by molar-refractivity contribution is 7.89. The molecule has 1 aliphatic rings. The summed E-state index contributed by atoms with van der Waals surface area (Å²) in [5, 5.41) is 10.6. The normalized spacial score (nSPS) is 20.2. The minimum Gasteiger partial charge on any atom is -0.264 e. The van der Waals surface area contributed by atoms with E-state index >= 15 is 0 Å². The molecule has 0 N–H and O–H groups in total. The number of hydrogen-bond donors (Lipinski definition) is 0. The van der Waals surface area contributed by atoms with Crippen LogP contribution >= 0.6 is 0 Å². The summed E-state index contributed by atoms with van der Waals surface area (Å²) in [6.07, 6.45) is 5.52. The largest absolute Gasteiger partial charge is 0.264 e. The molecule has 108 valence electrons. The van der Waals surface area contributed by atoms with Gasteiger partial charge in [-0.1, -0.05) is 12.1 Å². The van der Waals surface area contributed by atoms with Gasteiger partial charge in [0.25, 0.3) is 0 Å². The number of pyridine rings is 1. The second-order valence-corrected chi connectivity index (χ2v) is 6.97. The summed E-state index contributed by atoms with van der Waals surface area (Å²) in [5.41, 5.74) is 0. The Morgan fingerprint density at radius 1 is 1.29 bits per heavy atom. The van der Waals surface area contributed by atoms with E-state index in [-0.39, 0.29) is 4.90 Å². The number of rotatable bonds is 2. The van der Waals surface area contributed by atoms with Crippen LogP contribution in [-0.4, -0.2) is 30.3 Å². The van der Waals surface area contributed by atoms with Crippen LogP contribution < -0.4 is 0 Å². The predicted octanol–water partition coefficient (Wildman–Crippen LogP) is 2.30. The Bertz CT molecular complexity index is 806. The van der Waals surface area contributed by atoms with Crippen molar-refractivity contribution in [2.45, 2.75) is 30.2 Å². The fourth-order valence-electron chi connectivity index (χ4n) is 2.77. The zero-order valence-electron chi connectivity index (χ0n) is 11.4. The van der Waals surface area contributed by atoms with E-state index in [0.717, 1.165) is 18.2 Å². The van der Waals surface area contributed by atoms with Gasteiger partial charge < -0.3 is 0 Å². The zero-order chi connectivity index (χ0) is 14.9. The average molecular weight is 301 g/mol. The molecule has 2 aromatic rings. The van der Waals surface area contributed by atoms with E-state index in [9.17, 15) is 13.7 Å². The summed E-state index contributed by atoms with van der Waals surface area (Å²) in [4.78, 5) is 4.27. The number of nitriles is 1. The molecule has 0 saturated carbocycles. The van der Waals surface area contributed by atoms with Crippen molar-refractivity contribution in [2.24, 2.45) is 0 Å². The summed E-state index contributed by atoms with van der Waals surface area (Å²) in [6.45, 7) is 0.405. The third-order valence-corrected chi connectivity index (χ3v) is 5.80. The third kappa shape index (κ3) is 2.39. The molecule has 1 aromatic carbocycles. The molecular formula is C15H15N3O2S. The average Bonchev–Trinajstić information content (AvgIpc) is 2.54. The van der Waals surface area contributed by atoms with Crippen molar-refractivity contribution in [1.29, 1.82) is 5.26 Å². The van der Waals surface area contributed by atoms with Crippen LogP contribution in [0.4, 0.5) is 0 Å². The van der Waals surface area contributed by atoms with Crippen LogP contribution in [0.5, 0.6) is 0 Å². The third-order valence-electron chi connectivity index (χ3n) is 3.83. The first-order valence-electron chi connectivity index (χ1n) is 6.89. The van der Waals surface area contributed by atoms with Gasteiger partial charge >= 0.3 is 0 Å². The maximum absolute atomic E-state index is 12.9. The van der Waals surface area contributed by atoms with Gasteiger partial charge in [-0.05, 0) is 31.4 Å². The summed E-state index contributed by atoms with van der Waals surface area (Å²) >= 11 is 0. The molecule has 0 spiro atoms. The Balaban J connectivity index is 2.14. The fraction of sp³-hybridized carbons (Fsp3) is 0.333. The first-order valence-corrected chi connectivity index (χ1v) is 8.33. The molecule has 0 amide bonds. The Hall–Kier alpha value is -1.97. The molecular weight excluding hydrogens is 286 g/mol. The topological polar surface area (TPSA) is 74.1 Å². The fourth-order valence-corrected chi connectivity index (χ4v) is 4.59. The van der Waals surface area contributed by atoms with Crippen molar-refractivity contribution < 1.29 is 8.42 Å². The van der Waals surface area contributed by atoms with Gasteiger partial charge in [0.2, 0.25) is 10.0 Å². The monoisotopic (exact) mass is 301 g/mol. The highest BCUT2D eigenvalue weighted by Crippen LogP contribution is 2.29. The summed E-state index contributed by atoms with van der Waals surface area (Å²) in [5.74, 6) is 0. The zero-order valence-corrected chi connectivity index (χ0v) is 12.3. The van der Waals surface area contributed by atoms with Gasteiger partial charge in [-0.15, -0.1) is 0 Å². The van der Waals surface area contributed by atoms with Gasteiger partial charge in [0.05, 0.1) is 11.0 Å². The second kappa shape index (κ2) is 5.43. The molecule has 1 atom stereocenters. The minimum absolute atomic E-state index is 0.254. The van der Waals surface area contributed by atoms with Crippen molar-refractivity contribution in [3.8, 4) is 6.07 Å². The molecule has 0 bridgehead atoms. The van der Waals surface area contributed by atoms with Crippen molar-refractivity contribution in [3.05, 3.63) is 36.7 Å². The first-order chi connectivity index (χ1) is 10.1. The van der Waals surface area contributed by atoms with E-state index in [1.165, 1.54) is 4.31 Å². The standard InChI is InChI=1S/C15H15N3O2S/c16-10-13-5-1-2-9-18(13)21(19,20)15-6-3-4-12-11-17-8-7-14(12)15/h3-4,6-8,11,13H,1-2,5,9H2. The van der Waals surface area contributed by atoms with Crippen molar-refractivity contribution in [1.82, 2.24) is 9.29 Å². The number of piperidine rings is 1. The lowest BCUT2D eigenvalue weighted by atomic mass is 10.1. The van der Waals surface area contributed by atoms with Crippen LogP contribution in [-0.2, 0) is 10.0 Å². The van der Waals surface area contributed by atoms with E-state index in [0.29, 0.717) is 18.4 Å². The first kappa shape index (κ1) is 14.0. The van der Waals surface area contributed by atoms with Gasteiger partial charge in [0.15, 0.2) is 0 Å². The lowest BCUT2D eigenvalue weighted by Crippen LogP contribution is -2.42. The van der Waals surface area contributed by atoms with E-state index < -0.39 is 16.1 Å². The van der Waals surface area contributed by atoms with Gasteiger partial charge in [-0.2, -0.15) is 9.57 Å². The van der Waals surface area contributed by atoms with Crippen LogP contribution in [0.25, 0.3) is 10.8 Å². The molecule has 0 aliphatic carbocycles. The van der Waals surface area contributed by atoms with Gasteiger partial charge in [0, 0.05) is 29.7 Å². The Labute approximate surface area is 123 Å². The molecule has 1 fully saturated rings. The van der Waals surface area contributed by atoms with Crippen LogP contribution in [0.2, 0.25) is 0 Å². The Kier molecular flexibility index (Phi) is 3.62. The quantitative estimate of drug-likeness (QED) is 0.853. The van der Waals surface area contributed by atoms with Gasteiger partial charge in [0.1, 0.15) is 6.04 Å². The summed E-state index contributed by atoms with van der Waals surface area (Å²) in [7, 11) is -3.67. The molecule has 1 aromatic heterocycles. The highest BCUT2D eigenvalue weighted by Gasteiger charge is 2.34. The number of sulfonamides is 1. The number of nitrogens with zero attached hydrogens (tertiary/aromatic N) is 3. The number of hydrogen-bond acceptors (Lipinski definition) is 4. The summed E-state index contributed by atoms with van der Waals surface area (Å²) in [6, 6.07) is 8.39. The Morgan fingerprint density at radius 2 is 2.14 bits per heavy atom. The van der Waals surface area contributed by atoms with Crippen LogP contribution in [0.3, 0.4) is 0 Å². The van der Waals surface area contributed by atoms with Crippen LogP contribution in [0.1, 0.15) is 19.3 Å². The number of aromatic nitrogens is 1. The van der Waals surface area contributed by atoms with Crippen molar-refractivity contribution in [2.75, 3.05) is 6.54 Å². The maximum atomic E-state index is 12.9. The second-order valence-electron chi connectivity index (χ2n) is 5.11. The van der Waals surface area contributed by atoms with E-state index in [1.54, 1.807) is 30.6 Å². The molecule has 1 aliphatic heterocycles. The lowest BCUT2D eigenvalue weighted by Gasteiger charge is -2.30. The van der Waals surface area contributed by atoms with E-state index in [4.69, 9.17) is 0 Å². The molecule has 6 heteroatoms. The van der Waals surface area contributed by atoms with Crippen LogP contribution in [0.15, 0.2) is 41.6 Å². The number of benzene rings is 1. The molecule has 21 heavy (non-hydrogen) atoms. The van der Waals surface area contributed by atoms with Gasteiger partial charge in [-0.3, -0.25) is 4.98 Å². The summed E-state index contributed by atoms with van der Waals surface area (Å²) < 4.78 is 27.2. The van der Waals surface area contributed by atoms with Crippen LogP contribution in [0, 0.1) is 11.3 Å².